The van der Waals surface area contributed by atoms with Crippen LogP contribution in [0.2, 0.25) is 0 Å². The van der Waals surface area contributed by atoms with Crippen molar-refractivity contribution in [3.05, 3.63) is 68.0 Å². The molecule has 1 aromatic carbocycles. The monoisotopic (exact) mass is 476 g/mol. The molecule has 0 atom stereocenters. The molecule has 3 aromatic rings. The Morgan fingerprint density at radius 3 is 2.56 bits per heavy atom. The van der Waals surface area contributed by atoms with Gasteiger partial charge in [0.1, 0.15) is 5.75 Å². The lowest BCUT2D eigenvalue weighted by atomic mass is 10.1. The Bertz CT molecular complexity index is 1330. The van der Waals surface area contributed by atoms with E-state index in [2.05, 4.69) is 20.0 Å². The summed E-state index contributed by atoms with van der Waals surface area (Å²) in [5.74, 6) is -0.620. The maximum absolute atomic E-state index is 13.0. The van der Waals surface area contributed by atoms with Crippen molar-refractivity contribution in [3.63, 3.8) is 0 Å². The van der Waals surface area contributed by atoms with Crippen LogP contribution in [0.15, 0.2) is 39.9 Å². The lowest BCUT2D eigenvalue weighted by Gasteiger charge is -2.13. The number of rotatable bonds is 8. The number of nitrogens with one attached hydrogen (secondary N) is 2. The van der Waals surface area contributed by atoms with Gasteiger partial charge in [-0.1, -0.05) is 19.1 Å². The summed E-state index contributed by atoms with van der Waals surface area (Å²) in [6.07, 6.45) is -1.91. The van der Waals surface area contributed by atoms with Gasteiger partial charge in [0.05, 0.1) is 10.9 Å². The molecule has 0 unspecified atom stereocenters. The van der Waals surface area contributed by atoms with Crippen LogP contribution in [-0.2, 0) is 13.0 Å². The van der Waals surface area contributed by atoms with Crippen molar-refractivity contribution in [3.8, 4) is 5.75 Å². The molecule has 180 valence electrons. The van der Waals surface area contributed by atoms with Crippen LogP contribution in [0.25, 0.3) is 11.0 Å². The third-order valence-corrected chi connectivity index (χ3v) is 5.51. The first-order chi connectivity index (χ1) is 16.2. The highest BCUT2D eigenvalue weighted by Crippen LogP contribution is 2.39. The second-order valence-electron chi connectivity index (χ2n) is 8.18. The van der Waals surface area contributed by atoms with Gasteiger partial charge in [-0.25, -0.2) is 9.78 Å². The topological polar surface area (TPSA) is 106 Å². The number of H-pyrrole nitrogens is 1. The number of aryl methyl sites for hydroxylation is 1. The van der Waals surface area contributed by atoms with Crippen molar-refractivity contribution in [2.24, 2.45) is 0 Å². The van der Waals surface area contributed by atoms with Gasteiger partial charge >= 0.3 is 12.1 Å². The Hall–Kier alpha value is -3.63. The summed E-state index contributed by atoms with van der Waals surface area (Å²) in [5, 5.41) is 2.81. The second kappa shape index (κ2) is 9.32. The van der Waals surface area contributed by atoms with E-state index in [1.54, 1.807) is 6.07 Å². The smallest absolute Gasteiger partial charge is 0.406 e. The molecule has 1 aliphatic rings. The summed E-state index contributed by atoms with van der Waals surface area (Å²) in [4.78, 5) is 44.8. The van der Waals surface area contributed by atoms with E-state index < -0.39 is 23.5 Å². The molecule has 0 spiro atoms. The van der Waals surface area contributed by atoms with Gasteiger partial charge in [0, 0.05) is 24.7 Å². The number of aromatic nitrogens is 3. The van der Waals surface area contributed by atoms with Crippen LogP contribution in [-0.4, -0.2) is 33.3 Å². The van der Waals surface area contributed by atoms with E-state index in [1.165, 1.54) is 28.8 Å². The van der Waals surface area contributed by atoms with E-state index in [4.69, 9.17) is 0 Å². The predicted octanol–water partition coefficient (Wildman–Crippen LogP) is 3.24. The van der Waals surface area contributed by atoms with Gasteiger partial charge in [-0.15, -0.1) is 13.2 Å². The van der Waals surface area contributed by atoms with Crippen LogP contribution in [0.5, 0.6) is 5.75 Å². The molecule has 0 aliphatic heterocycles. The number of carbonyl (C=O) groups excluding carboxylic acids is 1. The largest absolute Gasteiger partial charge is 0.573 e. The van der Waals surface area contributed by atoms with Crippen LogP contribution in [0.1, 0.15) is 53.7 Å². The van der Waals surface area contributed by atoms with Crippen molar-refractivity contribution >= 4 is 16.9 Å². The van der Waals surface area contributed by atoms with Gasteiger partial charge in [0.25, 0.3) is 11.5 Å². The van der Waals surface area contributed by atoms with Gasteiger partial charge in [0.2, 0.25) is 0 Å². The molecule has 1 saturated carbocycles. The predicted molar refractivity (Wildman–Crippen MR) is 118 cm³/mol. The quantitative estimate of drug-likeness (QED) is 0.519. The third kappa shape index (κ3) is 5.29. The van der Waals surface area contributed by atoms with Crippen LogP contribution >= 0.6 is 0 Å². The zero-order chi connectivity index (χ0) is 24.5. The van der Waals surface area contributed by atoms with Crippen molar-refractivity contribution in [2.75, 3.05) is 6.54 Å². The van der Waals surface area contributed by atoms with Gasteiger partial charge < -0.3 is 10.1 Å². The van der Waals surface area contributed by atoms with Crippen molar-refractivity contribution in [1.29, 1.82) is 0 Å². The number of pyridine rings is 1. The number of benzene rings is 1. The first-order valence-corrected chi connectivity index (χ1v) is 11.0. The Morgan fingerprint density at radius 2 is 1.94 bits per heavy atom. The number of halogens is 3. The molecule has 2 N–H and O–H groups in total. The number of ether oxygens (including phenoxy) is 1. The van der Waals surface area contributed by atoms with Crippen LogP contribution in [0.3, 0.4) is 0 Å². The van der Waals surface area contributed by atoms with E-state index in [0.717, 1.165) is 12.8 Å². The second-order valence-corrected chi connectivity index (χ2v) is 8.18. The standard InChI is InChI=1S/C23H23F3N4O4/c1-2-11-30-19-18(21(32)29-22(30)33)16(12-17(28-19)14-5-6-14)20(31)27-10-9-13-3-7-15(8-4-13)34-23(24,25)26/h3-4,7-8,12,14H,2,5-6,9-11H2,1H3,(H,27,31)(H,29,32,33). The van der Waals surface area contributed by atoms with Crippen LogP contribution < -0.4 is 21.3 Å². The number of alkyl halides is 3. The number of amides is 1. The molecule has 11 heteroatoms. The molecule has 2 heterocycles. The number of aromatic amines is 1. The summed E-state index contributed by atoms with van der Waals surface area (Å²) in [6, 6.07) is 6.97. The summed E-state index contributed by atoms with van der Waals surface area (Å²) in [5.41, 5.74) is 0.476. The summed E-state index contributed by atoms with van der Waals surface area (Å²) in [6.45, 7) is 2.43. The Kier molecular flexibility index (Phi) is 6.45. The average molecular weight is 476 g/mol. The minimum atomic E-state index is -4.76. The SMILES string of the molecule is CCCn1c(=O)[nH]c(=O)c2c(C(=O)NCCc3ccc(OC(F)(F)F)cc3)cc(C3CC3)nc21. The molecule has 1 fully saturated rings. The third-order valence-electron chi connectivity index (χ3n) is 5.51. The minimum absolute atomic E-state index is 0.0589. The number of nitrogens with zero attached hydrogens (tertiary/aromatic N) is 2. The fourth-order valence-electron chi connectivity index (χ4n) is 3.77. The van der Waals surface area contributed by atoms with Crippen LogP contribution in [0, 0.1) is 0 Å². The van der Waals surface area contributed by atoms with E-state index >= 15 is 0 Å². The van der Waals surface area contributed by atoms with Gasteiger partial charge in [0.15, 0.2) is 5.65 Å². The fraction of sp³-hybridized carbons (Fsp3) is 0.391. The molecule has 4 rings (SSSR count). The van der Waals surface area contributed by atoms with Crippen LogP contribution in [0.4, 0.5) is 13.2 Å². The molecule has 1 aliphatic carbocycles. The minimum Gasteiger partial charge on any atom is -0.406 e. The Balaban J connectivity index is 1.56. The maximum atomic E-state index is 13.0. The normalized spacial score (nSPS) is 13.8. The first-order valence-electron chi connectivity index (χ1n) is 11.0. The zero-order valence-electron chi connectivity index (χ0n) is 18.4. The van der Waals surface area contributed by atoms with Gasteiger partial charge in [-0.2, -0.15) is 0 Å². The van der Waals surface area contributed by atoms with Gasteiger partial charge in [-0.05, 0) is 49.4 Å². The van der Waals surface area contributed by atoms with E-state index in [9.17, 15) is 27.6 Å². The molecule has 0 bridgehead atoms. The highest BCUT2D eigenvalue weighted by Gasteiger charge is 2.31. The van der Waals surface area contributed by atoms with Gasteiger partial charge in [-0.3, -0.25) is 19.1 Å². The summed E-state index contributed by atoms with van der Waals surface area (Å²) >= 11 is 0. The zero-order valence-corrected chi connectivity index (χ0v) is 18.4. The Labute approximate surface area is 191 Å². The lowest BCUT2D eigenvalue weighted by Crippen LogP contribution is -2.34. The molecule has 0 saturated heterocycles. The molecule has 0 radical (unpaired) electrons. The number of fused-ring (bicyclic) bond motifs is 1. The van der Waals surface area contributed by atoms with E-state index in [0.29, 0.717) is 30.6 Å². The molecular formula is C23H23F3N4O4. The molecule has 8 nitrogen and oxygen atoms in total. The summed E-state index contributed by atoms with van der Waals surface area (Å²) < 4.78 is 42.1. The number of carbonyl (C=O) groups is 1. The number of hydrogen-bond donors (Lipinski definition) is 2. The maximum Gasteiger partial charge on any atom is 0.573 e. The highest BCUT2D eigenvalue weighted by molar-refractivity contribution is 6.05. The fourth-order valence-corrected chi connectivity index (χ4v) is 3.77. The average Bonchev–Trinajstić information content (AvgIpc) is 3.61. The first kappa shape index (κ1) is 23.5. The van der Waals surface area contributed by atoms with E-state index in [-0.39, 0.29) is 34.8 Å². The number of hydrogen-bond acceptors (Lipinski definition) is 5. The van der Waals surface area contributed by atoms with Crippen molar-refractivity contribution in [2.45, 2.75) is 51.4 Å². The lowest BCUT2D eigenvalue weighted by molar-refractivity contribution is -0.274. The summed E-state index contributed by atoms with van der Waals surface area (Å²) in [7, 11) is 0. The molecule has 1 amide bonds. The van der Waals surface area contributed by atoms with Crippen molar-refractivity contribution in [1.82, 2.24) is 19.9 Å². The highest BCUT2D eigenvalue weighted by atomic mass is 19.4. The molecule has 2 aromatic heterocycles. The Morgan fingerprint density at radius 1 is 1.24 bits per heavy atom. The molecule has 34 heavy (non-hydrogen) atoms. The van der Waals surface area contributed by atoms with E-state index in [1.807, 2.05) is 6.92 Å². The molecular weight excluding hydrogens is 453 g/mol. The van der Waals surface area contributed by atoms with Crippen molar-refractivity contribution < 1.29 is 22.7 Å².